The number of piperidine rings is 1. The summed E-state index contributed by atoms with van der Waals surface area (Å²) >= 11 is 12.2. The molecule has 0 aromatic heterocycles. The van der Waals surface area contributed by atoms with Gasteiger partial charge in [0.15, 0.2) is 0 Å². The van der Waals surface area contributed by atoms with Gasteiger partial charge in [-0.25, -0.2) is 0 Å². The van der Waals surface area contributed by atoms with Gasteiger partial charge < -0.3 is 4.74 Å². The minimum Gasteiger partial charge on any atom is -0.370 e. The predicted octanol–water partition coefficient (Wildman–Crippen LogP) is 5.66. The number of hydrogen-bond donors (Lipinski definition) is 0. The van der Waals surface area contributed by atoms with E-state index in [1.165, 1.54) is 30.4 Å². The highest BCUT2D eigenvalue weighted by Gasteiger charge is 2.40. The molecule has 2 aromatic rings. The van der Waals surface area contributed by atoms with E-state index in [4.69, 9.17) is 27.9 Å². The summed E-state index contributed by atoms with van der Waals surface area (Å²) in [7, 11) is 0. The summed E-state index contributed by atoms with van der Waals surface area (Å²) in [5.41, 5.74) is 2.45. The van der Waals surface area contributed by atoms with E-state index < -0.39 is 0 Å². The number of benzene rings is 2. The van der Waals surface area contributed by atoms with Crippen LogP contribution in [0.15, 0.2) is 48.5 Å². The fourth-order valence-corrected chi connectivity index (χ4v) is 4.26. The molecule has 2 fully saturated rings. The molecule has 3 unspecified atom stereocenters. The molecule has 0 aliphatic carbocycles. The number of fused-ring (bicyclic) bond motifs is 1. The third-order valence-corrected chi connectivity index (χ3v) is 5.70. The third kappa shape index (κ3) is 3.21. The van der Waals surface area contributed by atoms with Crippen LogP contribution in [-0.4, -0.2) is 24.1 Å². The summed E-state index contributed by atoms with van der Waals surface area (Å²) in [4.78, 5) is 2.63. The lowest BCUT2D eigenvalue weighted by Crippen LogP contribution is -2.50. The molecule has 0 saturated carbocycles. The summed E-state index contributed by atoms with van der Waals surface area (Å²) in [5.74, 6) is 0. The van der Waals surface area contributed by atoms with E-state index in [0.29, 0.717) is 6.04 Å². The van der Waals surface area contributed by atoms with E-state index in [-0.39, 0.29) is 12.1 Å². The van der Waals surface area contributed by atoms with Gasteiger partial charge >= 0.3 is 0 Å². The van der Waals surface area contributed by atoms with E-state index >= 15 is 0 Å². The molecule has 0 spiro atoms. The zero-order valence-corrected chi connectivity index (χ0v) is 15.0. The lowest BCUT2D eigenvalue weighted by molar-refractivity contribution is -0.119. The molecular formula is C20H21Cl2NO. The predicted molar refractivity (Wildman–Crippen MR) is 98.7 cm³/mol. The number of halogens is 2. The molecule has 126 valence electrons. The SMILES string of the molecule is Clc1ccc(C2OCC3CCCCN3C2c2ccc(Cl)cc2)cc1. The molecule has 2 nitrogen and oxygen atoms in total. The molecule has 2 aliphatic heterocycles. The van der Waals surface area contributed by atoms with Gasteiger partial charge in [-0.2, -0.15) is 0 Å². The first-order valence-corrected chi connectivity index (χ1v) is 9.36. The van der Waals surface area contributed by atoms with Crippen molar-refractivity contribution in [3.8, 4) is 0 Å². The molecule has 2 saturated heterocycles. The van der Waals surface area contributed by atoms with Crippen LogP contribution in [0.1, 0.15) is 42.5 Å². The Hall–Kier alpha value is -1.06. The molecule has 0 radical (unpaired) electrons. The lowest BCUT2D eigenvalue weighted by Gasteiger charge is -2.49. The van der Waals surface area contributed by atoms with Crippen LogP contribution in [0.5, 0.6) is 0 Å². The van der Waals surface area contributed by atoms with Crippen molar-refractivity contribution in [3.63, 3.8) is 0 Å². The second-order valence-electron chi connectivity index (χ2n) is 6.69. The molecule has 4 rings (SSSR count). The monoisotopic (exact) mass is 361 g/mol. The second kappa shape index (κ2) is 7.05. The van der Waals surface area contributed by atoms with E-state index in [9.17, 15) is 0 Å². The van der Waals surface area contributed by atoms with Gasteiger partial charge in [-0.1, -0.05) is 53.9 Å². The Balaban J connectivity index is 1.73. The minimum absolute atomic E-state index is 0.0257. The molecule has 0 bridgehead atoms. The zero-order chi connectivity index (χ0) is 16.5. The van der Waals surface area contributed by atoms with Crippen molar-refractivity contribution in [2.45, 2.75) is 37.5 Å². The fraction of sp³-hybridized carbons (Fsp3) is 0.400. The van der Waals surface area contributed by atoms with E-state index in [2.05, 4.69) is 29.2 Å². The molecule has 2 heterocycles. The Morgan fingerprint density at radius 1 is 0.833 bits per heavy atom. The normalized spacial score (nSPS) is 27.7. The number of rotatable bonds is 2. The van der Waals surface area contributed by atoms with Crippen LogP contribution in [0, 0.1) is 0 Å². The Kier molecular flexibility index (Phi) is 4.82. The minimum atomic E-state index is 0.0257. The average Bonchev–Trinajstić information content (AvgIpc) is 2.62. The van der Waals surface area contributed by atoms with Crippen LogP contribution in [0.3, 0.4) is 0 Å². The van der Waals surface area contributed by atoms with Crippen LogP contribution < -0.4 is 0 Å². The van der Waals surface area contributed by atoms with Gasteiger partial charge in [0.25, 0.3) is 0 Å². The first-order valence-electron chi connectivity index (χ1n) is 8.60. The van der Waals surface area contributed by atoms with E-state index in [0.717, 1.165) is 23.2 Å². The maximum absolute atomic E-state index is 6.35. The van der Waals surface area contributed by atoms with Crippen molar-refractivity contribution in [3.05, 3.63) is 69.7 Å². The van der Waals surface area contributed by atoms with Crippen LogP contribution in [0.25, 0.3) is 0 Å². The largest absolute Gasteiger partial charge is 0.370 e. The molecule has 0 amide bonds. The van der Waals surface area contributed by atoms with Gasteiger partial charge in [0.2, 0.25) is 0 Å². The topological polar surface area (TPSA) is 12.5 Å². The first kappa shape index (κ1) is 16.4. The Morgan fingerprint density at radius 3 is 2.12 bits per heavy atom. The van der Waals surface area contributed by atoms with Crippen molar-refractivity contribution >= 4 is 23.2 Å². The smallest absolute Gasteiger partial charge is 0.102 e. The maximum Gasteiger partial charge on any atom is 0.102 e. The molecule has 2 aromatic carbocycles. The fourth-order valence-electron chi connectivity index (χ4n) is 4.01. The Morgan fingerprint density at radius 2 is 1.46 bits per heavy atom. The highest BCUT2D eigenvalue weighted by Crippen LogP contribution is 2.44. The van der Waals surface area contributed by atoms with Crippen LogP contribution >= 0.6 is 23.2 Å². The summed E-state index contributed by atoms with van der Waals surface area (Å²) in [6, 6.07) is 17.0. The van der Waals surface area contributed by atoms with Crippen molar-refractivity contribution in [2.75, 3.05) is 13.2 Å². The Bertz CT molecular complexity index is 686. The van der Waals surface area contributed by atoms with Crippen molar-refractivity contribution in [1.82, 2.24) is 4.90 Å². The summed E-state index contributed by atoms with van der Waals surface area (Å²) < 4.78 is 6.35. The summed E-state index contributed by atoms with van der Waals surface area (Å²) in [5, 5.41) is 1.53. The third-order valence-electron chi connectivity index (χ3n) is 5.19. The van der Waals surface area contributed by atoms with Gasteiger partial charge in [-0.15, -0.1) is 0 Å². The highest BCUT2D eigenvalue weighted by molar-refractivity contribution is 6.30. The van der Waals surface area contributed by atoms with Gasteiger partial charge in [-0.3, -0.25) is 4.90 Å². The first-order chi connectivity index (χ1) is 11.7. The lowest BCUT2D eigenvalue weighted by atomic mass is 9.88. The average molecular weight is 362 g/mol. The van der Waals surface area contributed by atoms with Crippen molar-refractivity contribution in [1.29, 1.82) is 0 Å². The van der Waals surface area contributed by atoms with Crippen LogP contribution in [-0.2, 0) is 4.74 Å². The number of ether oxygens (including phenoxy) is 1. The Labute approximate surface area is 153 Å². The van der Waals surface area contributed by atoms with Crippen LogP contribution in [0.4, 0.5) is 0 Å². The number of nitrogens with zero attached hydrogens (tertiary/aromatic N) is 1. The van der Waals surface area contributed by atoms with Gasteiger partial charge in [-0.05, 0) is 54.8 Å². The summed E-state index contributed by atoms with van der Waals surface area (Å²) in [6.45, 7) is 1.93. The maximum atomic E-state index is 6.35. The molecule has 0 N–H and O–H groups in total. The molecule has 4 heteroatoms. The molecular weight excluding hydrogens is 341 g/mol. The van der Waals surface area contributed by atoms with Crippen molar-refractivity contribution < 1.29 is 4.74 Å². The van der Waals surface area contributed by atoms with E-state index in [1.54, 1.807) is 0 Å². The van der Waals surface area contributed by atoms with Gasteiger partial charge in [0.05, 0.1) is 12.6 Å². The number of hydrogen-bond acceptors (Lipinski definition) is 2. The quantitative estimate of drug-likeness (QED) is 0.683. The van der Waals surface area contributed by atoms with E-state index in [1.807, 2.05) is 24.3 Å². The highest BCUT2D eigenvalue weighted by atomic mass is 35.5. The standard InChI is InChI=1S/C20H21Cl2NO/c21-16-8-4-14(5-9-16)19-20(15-6-10-17(22)11-7-15)24-13-18-3-1-2-12-23(18)19/h4-11,18-20H,1-3,12-13H2. The number of morpholine rings is 1. The van der Waals surface area contributed by atoms with Crippen LogP contribution in [0.2, 0.25) is 10.0 Å². The van der Waals surface area contributed by atoms with Gasteiger partial charge in [0.1, 0.15) is 6.10 Å². The molecule has 3 atom stereocenters. The summed E-state index contributed by atoms with van der Waals surface area (Å²) in [6.07, 6.45) is 3.80. The van der Waals surface area contributed by atoms with Crippen molar-refractivity contribution in [2.24, 2.45) is 0 Å². The zero-order valence-electron chi connectivity index (χ0n) is 13.5. The second-order valence-corrected chi connectivity index (χ2v) is 7.56. The molecule has 24 heavy (non-hydrogen) atoms. The van der Waals surface area contributed by atoms with Gasteiger partial charge in [0, 0.05) is 16.1 Å². The molecule has 2 aliphatic rings.